The minimum absolute atomic E-state index is 0.0127. The minimum atomic E-state index is -5.20. The van der Waals surface area contributed by atoms with Crippen LogP contribution in [-0.4, -0.2) is 67.9 Å². The van der Waals surface area contributed by atoms with E-state index in [1.807, 2.05) is 0 Å². The number of hydrogen-bond acceptors (Lipinski definition) is 8. The monoisotopic (exact) mass is 1510 g/mol. The molecule has 0 bridgehead atoms. The highest BCUT2D eigenvalue weighted by Gasteiger charge is 2.43. The zero-order valence-corrected chi connectivity index (χ0v) is 56.7. The van der Waals surface area contributed by atoms with Crippen LogP contribution in [0.15, 0.2) is 146 Å². The largest absolute Gasteiger partial charge is 0.478 e. The van der Waals surface area contributed by atoms with Gasteiger partial charge in [-0.25, -0.2) is 32.3 Å². The first-order valence-corrected chi connectivity index (χ1v) is 31.5. The Bertz CT molecular complexity index is 4570. The first kappa shape index (κ1) is 83.9. The molecule has 0 fully saturated rings. The summed E-state index contributed by atoms with van der Waals surface area (Å²) in [6.07, 6.45) is -2.26. The lowest BCUT2D eigenvalue weighted by Crippen LogP contribution is -2.16. The number of carbonyl (C=O) groups is 8. The third-order valence-electron chi connectivity index (χ3n) is 14.2. The smallest absolute Gasteiger partial charge is 0.417 e. The average molecular weight is 1510 g/mol. The average Bonchev–Trinajstić information content (AvgIpc) is 0.779. The molecule has 0 radical (unpaired) electrons. The highest BCUT2D eigenvalue weighted by molar-refractivity contribution is 6.32. The van der Waals surface area contributed by atoms with Crippen molar-refractivity contribution >= 4 is 142 Å². The fourth-order valence-corrected chi connectivity index (χ4v) is 9.10. The molecule has 0 atom stereocenters. The van der Waals surface area contributed by atoms with Crippen LogP contribution < -0.4 is 21.3 Å². The number of benzene rings is 8. The molecule has 0 aliphatic heterocycles. The van der Waals surface area contributed by atoms with Gasteiger partial charge in [-0.05, 0) is 142 Å². The van der Waals surface area contributed by atoms with Gasteiger partial charge in [-0.3, -0.25) is 19.2 Å². The SMILES string of the molecule is CCC(=O)Nc1ccc(C=Cc2ccc(C(F)(F)F)c(C(F)(F)F)c2)cc1C(=O)O.CCC(=O)Nc1ccc(C=Cc2ccc(C(F)(F)F)cc2Cl)cc1C(=O)O.CCC(=O)Nc1ccc(C=Cc2ccc(Cl)c(F)c2)cc1C(=O)O.CCC(=O)Nc1ccc(C=Cc2ccc(F)c(F)c2)cc1C(=O)O. The molecule has 0 saturated heterocycles. The van der Waals surface area contributed by atoms with Gasteiger partial charge >= 0.3 is 42.4 Å². The first-order chi connectivity index (χ1) is 49.2. The number of carboxylic acid groups (broad SMARTS) is 4. The van der Waals surface area contributed by atoms with Crippen LogP contribution in [0.2, 0.25) is 10.0 Å². The van der Waals surface area contributed by atoms with Crippen molar-refractivity contribution in [3.63, 3.8) is 0 Å². The van der Waals surface area contributed by atoms with Gasteiger partial charge in [-0.15, -0.1) is 0 Å². The van der Waals surface area contributed by atoms with Crippen LogP contribution in [0.25, 0.3) is 48.6 Å². The minimum Gasteiger partial charge on any atom is -0.478 e. The van der Waals surface area contributed by atoms with Crippen LogP contribution in [0, 0.1) is 17.5 Å². The van der Waals surface area contributed by atoms with Gasteiger partial charge in [-0.2, -0.15) is 39.5 Å². The Morgan fingerprint density at radius 1 is 0.324 bits per heavy atom. The predicted molar refractivity (Wildman–Crippen MR) is 376 cm³/mol. The molecule has 0 aliphatic rings. The van der Waals surface area contributed by atoms with E-state index in [0.717, 1.165) is 36.4 Å². The van der Waals surface area contributed by atoms with Crippen molar-refractivity contribution in [3.8, 4) is 0 Å². The molecule has 4 amide bonds. The molecule has 550 valence electrons. The van der Waals surface area contributed by atoms with Crippen molar-refractivity contribution in [3.05, 3.63) is 257 Å². The lowest BCUT2D eigenvalue weighted by atomic mass is 10.0. The Morgan fingerprint density at radius 3 is 0.914 bits per heavy atom. The quantitative estimate of drug-likeness (QED) is 0.0262. The first-order valence-electron chi connectivity index (χ1n) is 30.7. The molecule has 0 aliphatic carbocycles. The second-order valence-electron chi connectivity index (χ2n) is 21.8. The summed E-state index contributed by atoms with van der Waals surface area (Å²) in [6.45, 7) is 6.56. The van der Waals surface area contributed by atoms with Gasteiger partial charge in [0.05, 0.1) is 66.7 Å². The fraction of sp³-hybridized carbons (Fsp3) is 0.147. The van der Waals surface area contributed by atoms with E-state index in [0.29, 0.717) is 45.5 Å². The van der Waals surface area contributed by atoms with E-state index in [9.17, 15) is 111 Å². The lowest BCUT2D eigenvalue weighted by molar-refractivity contribution is -0.162. The van der Waals surface area contributed by atoms with Crippen molar-refractivity contribution in [2.75, 3.05) is 21.3 Å². The number of alkyl halides is 9. The van der Waals surface area contributed by atoms with Crippen molar-refractivity contribution < 1.29 is 111 Å². The van der Waals surface area contributed by atoms with Crippen molar-refractivity contribution in [1.82, 2.24) is 0 Å². The molecular weight excluding hydrogens is 1450 g/mol. The third-order valence-corrected chi connectivity index (χ3v) is 14.8. The summed E-state index contributed by atoms with van der Waals surface area (Å²) >= 11 is 11.5. The van der Waals surface area contributed by atoms with Gasteiger partial charge in [0.25, 0.3) is 0 Å². The Hall–Kier alpha value is -11.8. The number of aromatic carboxylic acids is 4. The number of anilines is 4. The standard InChI is InChI=1S/C20H15F6NO3.C19H15ClF3NO3.C18H15ClFNO3.C18H15F2NO3/c1-2-17(28)27-16-8-6-11(9-13(16)18(29)30)3-4-12-5-7-14(19(21,22)23)15(10-12)20(24,25)26;1-2-17(25)24-16-8-4-11(9-14(16)18(26)27)3-5-12-6-7-13(10-15(12)20)19(21,22)23;2*1-2-17(22)21-16-8-6-11(9-13(16)18(23)24)3-4-12-5-7-14(19)15(20)10-12/h3-10H,2H2,1H3,(H,27,28)(H,29,30);3-10H,2H2,1H3,(H,24,25)(H,26,27);2*3-10H,2H2,1H3,(H,21,22)(H,23,24). The molecule has 0 saturated carbocycles. The summed E-state index contributed by atoms with van der Waals surface area (Å²) < 4.78 is 155. The Balaban J connectivity index is 0.000000252. The summed E-state index contributed by atoms with van der Waals surface area (Å²) in [6, 6.07) is 29.8. The lowest BCUT2D eigenvalue weighted by Gasteiger charge is -2.15. The van der Waals surface area contributed by atoms with Crippen molar-refractivity contribution in [2.24, 2.45) is 0 Å². The van der Waals surface area contributed by atoms with Crippen molar-refractivity contribution in [2.45, 2.75) is 71.9 Å². The van der Waals surface area contributed by atoms with Gasteiger partial charge in [0, 0.05) is 30.7 Å². The molecular formula is C75H60Cl2F12N4O12. The van der Waals surface area contributed by atoms with Gasteiger partial charge in [-0.1, -0.05) is 148 Å². The second-order valence-corrected chi connectivity index (χ2v) is 22.6. The van der Waals surface area contributed by atoms with E-state index in [4.69, 9.17) is 23.2 Å². The zero-order valence-electron chi connectivity index (χ0n) is 55.1. The summed E-state index contributed by atoms with van der Waals surface area (Å²) in [5.41, 5.74) is -1.09. The summed E-state index contributed by atoms with van der Waals surface area (Å²) in [7, 11) is 0. The van der Waals surface area contributed by atoms with E-state index in [-0.39, 0.29) is 110 Å². The number of nitrogens with one attached hydrogen (secondary N) is 4. The Morgan fingerprint density at radius 2 is 0.619 bits per heavy atom. The fourth-order valence-electron chi connectivity index (χ4n) is 8.74. The van der Waals surface area contributed by atoms with E-state index in [2.05, 4.69) is 21.3 Å². The van der Waals surface area contributed by atoms with E-state index >= 15 is 0 Å². The van der Waals surface area contributed by atoms with Crippen LogP contribution in [0.1, 0.15) is 156 Å². The van der Waals surface area contributed by atoms with Gasteiger partial charge < -0.3 is 41.7 Å². The van der Waals surface area contributed by atoms with E-state index in [1.165, 1.54) is 103 Å². The maximum Gasteiger partial charge on any atom is 0.417 e. The zero-order chi connectivity index (χ0) is 78.3. The molecule has 16 nitrogen and oxygen atoms in total. The molecule has 0 spiro atoms. The molecule has 0 heterocycles. The maximum atomic E-state index is 13.4. The van der Waals surface area contributed by atoms with Crippen LogP contribution in [0.5, 0.6) is 0 Å². The summed E-state index contributed by atoms with van der Waals surface area (Å²) in [5, 5.41) is 47.1. The Kier molecular flexibility index (Phi) is 30.3. The second kappa shape index (κ2) is 37.9. The molecule has 0 unspecified atom stereocenters. The molecule has 105 heavy (non-hydrogen) atoms. The number of halogens is 14. The summed E-state index contributed by atoms with van der Waals surface area (Å²) in [5.74, 6) is -8.59. The number of carbonyl (C=O) groups excluding carboxylic acids is 4. The van der Waals surface area contributed by atoms with Gasteiger partial charge in [0.1, 0.15) is 5.82 Å². The van der Waals surface area contributed by atoms with Gasteiger partial charge in [0.15, 0.2) is 11.6 Å². The van der Waals surface area contributed by atoms with Crippen LogP contribution >= 0.6 is 23.2 Å². The van der Waals surface area contributed by atoms with Crippen LogP contribution in [0.3, 0.4) is 0 Å². The summed E-state index contributed by atoms with van der Waals surface area (Å²) in [4.78, 5) is 91.3. The topological polar surface area (TPSA) is 266 Å². The van der Waals surface area contributed by atoms with Crippen molar-refractivity contribution in [1.29, 1.82) is 0 Å². The maximum absolute atomic E-state index is 13.4. The molecule has 8 aromatic carbocycles. The molecule has 0 aromatic heterocycles. The third kappa shape index (κ3) is 25.9. The highest BCUT2D eigenvalue weighted by Crippen LogP contribution is 2.41. The molecule has 8 rings (SSSR count). The highest BCUT2D eigenvalue weighted by atomic mass is 35.5. The molecule has 30 heteroatoms. The van der Waals surface area contributed by atoms with Crippen LogP contribution in [0.4, 0.5) is 75.4 Å². The molecule has 8 aromatic rings. The number of amides is 4. The number of rotatable bonds is 20. The normalized spacial score (nSPS) is 11.4. The predicted octanol–water partition coefficient (Wildman–Crippen LogP) is 20.4. The van der Waals surface area contributed by atoms with E-state index in [1.54, 1.807) is 70.2 Å². The Labute approximate surface area is 600 Å². The number of hydrogen-bond donors (Lipinski definition) is 8. The van der Waals surface area contributed by atoms with E-state index < -0.39 is 82.5 Å². The molecule has 8 N–H and O–H groups in total. The van der Waals surface area contributed by atoms with Crippen LogP contribution in [-0.2, 0) is 37.7 Å². The van der Waals surface area contributed by atoms with Gasteiger partial charge in [0.2, 0.25) is 23.6 Å². The number of carboxylic acids is 4.